The van der Waals surface area contributed by atoms with Crippen molar-refractivity contribution >= 4 is 34.4 Å². The van der Waals surface area contributed by atoms with Gasteiger partial charge in [0.1, 0.15) is 5.82 Å². The van der Waals surface area contributed by atoms with E-state index in [9.17, 15) is 4.79 Å². The van der Waals surface area contributed by atoms with Crippen LogP contribution in [0.25, 0.3) is 10.9 Å². The van der Waals surface area contributed by atoms with Gasteiger partial charge in [-0.1, -0.05) is 12.1 Å². The molecule has 0 aliphatic carbocycles. The number of carbonyl (C=O) groups excluding carboxylic acids is 1. The highest BCUT2D eigenvalue weighted by Crippen LogP contribution is 2.31. The summed E-state index contributed by atoms with van der Waals surface area (Å²) in [5, 5.41) is 4.83. The number of nitrogens with one attached hydrogen (secondary N) is 2. The standard InChI is InChI=1S/C21H23ClN6O2/c1-13(15-3-2-14-4-5-23-17(14)10-15)24-19-16-11-28(12-18(16)25-20(22)26-19)21(29)27-6-8-30-9-7-27/h2-5,10,13,23H,6-9,11-12H2,1H3,(H,24,25,26)/t13-/m1/s1. The topological polar surface area (TPSA) is 86.4 Å². The van der Waals surface area contributed by atoms with Gasteiger partial charge in [0, 0.05) is 30.4 Å². The Labute approximate surface area is 179 Å². The summed E-state index contributed by atoms with van der Waals surface area (Å²) < 4.78 is 5.35. The molecule has 0 radical (unpaired) electrons. The number of aromatic nitrogens is 3. The summed E-state index contributed by atoms with van der Waals surface area (Å²) in [6.45, 7) is 5.36. The predicted octanol–water partition coefficient (Wildman–Crippen LogP) is 3.55. The van der Waals surface area contributed by atoms with Gasteiger partial charge in [0.25, 0.3) is 0 Å². The van der Waals surface area contributed by atoms with E-state index in [1.165, 1.54) is 5.39 Å². The molecule has 5 rings (SSSR count). The molecule has 4 heterocycles. The summed E-state index contributed by atoms with van der Waals surface area (Å²) in [6, 6.07) is 8.39. The molecule has 1 saturated heterocycles. The third-order valence-corrected chi connectivity index (χ3v) is 5.91. The number of morpholine rings is 1. The van der Waals surface area contributed by atoms with E-state index in [0.29, 0.717) is 45.2 Å². The number of benzene rings is 1. The van der Waals surface area contributed by atoms with Crippen molar-refractivity contribution < 1.29 is 9.53 Å². The molecule has 0 unspecified atom stereocenters. The molecule has 156 valence electrons. The van der Waals surface area contributed by atoms with E-state index < -0.39 is 0 Å². The van der Waals surface area contributed by atoms with Crippen LogP contribution in [-0.2, 0) is 17.8 Å². The molecule has 8 nitrogen and oxygen atoms in total. The second kappa shape index (κ2) is 7.77. The van der Waals surface area contributed by atoms with Gasteiger partial charge in [-0.3, -0.25) is 0 Å². The first kappa shape index (κ1) is 19.1. The van der Waals surface area contributed by atoms with Crippen molar-refractivity contribution in [2.75, 3.05) is 31.6 Å². The summed E-state index contributed by atoms with van der Waals surface area (Å²) in [5.74, 6) is 0.682. The van der Waals surface area contributed by atoms with Gasteiger partial charge in [-0.15, -0.1) is 0 Å². The third kappa shape index (κ3) is 3.57. The molecule has 0 saturated carbocycles. The Bertz CT molecular complexity index is 1090. The number of hydrogen-bond donors (Lipinski definition) is 2. The molecule has 2 aromatic heterocycles. The summed E-state index contributed by atoms with van der Waals surface area (Å²) in [4.78, 5) is 28.6. The largest absolute Gasteiger partial charge is 0.378 e. The van der Waals surface area contributed by atoms with Gasteiger partial charge in [0.15, 0.2) is 0 Å². The molecule has 1 fully saturated rings. The number of amides is 2. The molecule has 2 N–H and O–H groups in total. The van der Waals surface area contributed by atoms with E-state index >= 15 is 0 Å². The lowest BCUT2D eigenvalue weighted by Crippen LogP contribution is -2.46. The van der Waals surface area contributed by atoms with Crippen molar-refractivity contribution in [3.05, 3.63) is 52.6 Å². The lowest BCUT2D eigenvalue weighted by atomic mass is 10.1. The predicted molar refractivity (Wildman–Crippen MR) is 114 cm³/mol. The van der Waals surface area contributed by atoms with E-state index in [1.54, 1.807) is 4.90 Å². The summed E-state index contributed by atoms with van der Waals surface area (Å²) in [7, 11) is 0. The minimum atomic E-state index is 0.00335. The molecule has 2 aliphatic heterocycles. The molecule has 3 aromatic rings. The Morgan fingerprint density at radius 3 is 2.87 bits per heavy atom. The minimum Gasteiger partial charge on any atom is -0.378 e. The van der Waals surface area contributed by atoms with E-state index in [1.807, 2.05) is 17.2 Å². The van der Waals surface area contributed by atoms with Crippen LogP contribution < -0.4 is 5.32 Å². The molecule has 0 bridgehead atoms. The Morgan fingerprint density at radius 2 is 2.03 bits per heavy atom. The lowest BCUT2D eigenvalue weighted by molar-refractivity contribution is 0.0429. The van der Waals surface area contributed by atoms with Crippen LogP contribution in [0.2, 0.25) is 5.28 Å². The van der Waals surface area contributed by atoms with Gasteiger partial charge in [0.05, 0.1) is 38.0 Å². The Kier molecular flexibility index (Phi) is 4.96. The molecular formula is C21H23ClN6O2. The smallest absolute Gasteiger partial charge is 0.320 e. The van der Waals surface area contributed by atoms with Crippen LogP contribution in [-0.4, -0.2) is 57.1 Å². The van der Waals surface area contributed by atoms with E-state index in [2.05, 4.69) is 45.4 Å². The number of carbonyl (C=O) groups is 1. The quantitative estimate of drug-likeness (QED) is 0.625. The van der Waals surface area contributed by atoms with Gasteiger partial charge in [0.2, 0.25) is 5.28 Å². The van der Waals surface area contributed by atoms with Gasteiger partial charge in [-0.05, 0) is 41.6 Å². The zero-order valence-electron chi connectivity index (χ0n) is 16.7. The molecule has 0 spiro atoms. The zero-order valence-corrected chi connectivity index (χ0v) is 17.4. The normalized spacial score (nSPS) is 17.3. The maximum Gasteiger partial charge on any atom is 0.320 e. The number of ether oxygens (including phenoxy) is 1. The Hall–Kier alpha value is -2.84. The van der Waals surface area contributed by atoms with Crippen LogP contribution in [0.5, 0.6) is 0 Å². The minimum absolute atomic E-state index is 0.00335. The molecule has 2 aliphatic rings. The van der Waals surface area contributed by atoms with Crippen molar-refractivity contribution in [1.82, 2.24) is 24.8 Å². The first-order valence-electron chi connectivity index (χ1n) is 10.1. The van der Waals surface area contributed by atoms with E-state index in [0.717, 1.165) is 22.3 Å². The maximum atomic E-state index is 12.9. The van der Waals surface area contributed by atoms with Crippen molar-refractivity contribution in [2.45, 2.75) is 26.1 Å². The lowest BCUT2D eigenvalue weighted by Gasteiger charge is -2.30. The summed E-state index contributed by atoms with van der Waals surface area (Å²) in [6.07, 6.45) is 1.93. The number of fused-ring (bicyclic) bond motifs is 2. The fourth-order valence-corrected chi connectivity index (χ4v) is 4.24. The fourth-order valence-electron chi connectivity index (χ4n) is 4.06. The maximum absolute atomic E-state index is 12.9. The number of aromatic amines is 1. The summed E-state index contributed by atoms with van der Waals surface area (Å²) >= 11 is 6.20. The number of rotatable bonds is 3. The van der Waals surface area contributed by atoms with Crippen molar-refractivity contribution in [1.29, 1.82) is 0 Å². The van der Waals surface area contributed by atoms with Gasteiger partial charge in [-0.25, -0.2) is 14.8 Å². The first-order valence-corrected chi connectivity index (χ1v) is 10.5. The van der Waals surface area contributed by atoms with E-state index in [-0.39, 0.29) is 17.4 Å². The highest BCUT2D eigenvalue weighted by Gasteiger charge is 2.32. The van der Waals surface area contributed by atoms with Crippen LogP contribution in [0.4, 0.5) is 10.6 Å². The second-order valence-electron chi connectivity index (χ2n) is 7.69. The highest BCUT2D eigenvalue weighted by atomic mass is 35.5. The zero-order chi connectivity index (χ0) is 20.7. The number of halogens is 1. The third-order valence-electron chi connectivity index (χ3n) is 5.74. The molecule has 9 heteroatoms. The number of H-pyrrole nitrogens is 1. The van der Waals surface area contributed by atoms with Crippen LogP contribution in [0.3, 0.4) is 0 Å². The van der Waals surface area contributed by atoms with Crippen LogP contribution in [0, 0.1) is 0 Å². The SMILES string of the molecule is C[C@@H](Nc1nc(Cl)nc2c1CN(C(=O)N1CCOCC1)C2)c1ccc2cc[nH]c2c1. The van der Waals surface area contributed by atoms with Crippen LogP contribution >= 0.6 is 11.6 Å². The van der Waals surface area contributed by atoms with Crippen molar-refractivity contribution in [3.63, 3.8) is 0 Å². The number of urea groups is 1. The van der Waals surface area contributed by atoms with Gasteiger partial charge < -0.3 is 24.8 Å². The molecule has 1 aromatic carbocycles. The van der Waals surface area contributed by atoms with Crippen LogP contribution in [0.15, 0.2) is 30.5 Å². The average Bonchev–Trinajstić information content (AvgIpc) is 3.40. The second-order valence-corrected chi connectivity index (χ2v) is 8.03. The average molecular weight is 427 g/mol. The molecule has 30 heavy (non-hydrogen) atoms. The van der Waals surface area contributed by atoms with E-state index in [4.69, 9.17) is 16.3 Å². The Balaban J connectivity index is 1.36. The summed E-state index contributed by atoms with van der Waals surface area (Å²) in [5.41, 5.74) is 3.95. The van der Waals surface area contributed by atoms with Crippen molar-refractivity contribution in [3.8, 4) is 0 Å². The van der Waals surface area contributed by atoms with Gasteiger partial charge in [-0.2, -0.15) is 0 Å². The number of hydrogen-bond acceptors (Lipinski definition) is 5. The van der Waals surface area contributed by atoms with Crippen LogP contribution in [0.1, 0.15) is 29.8 Å². The fraction of sp³-hybridized carbons (Fsp3) is 0.381. The Morgan fingerprint density at radius 1 is 1.20 bits per heavy atom. The highest BCUT2D eigenvalue weighted by molar-refractivity contribution is 6.28. The first-order chi connectivity index (χ1) is 14.6. The molecular weight excluding hydrogens is 404 g/mol. The number of anilines is 1. The van der Waals surface area contributed by atoms with Crippen molar-refractivity contribution in [2.24, 2.45) is 0 Å². The number of nitrogens with zero attached hydrogens (tertiary/aromatic N) is 4. The molecule has 2 amide bonds. The molecule has 1 atom stereocenters. The monoisotopic (exact) mass is 426 g/mol. The van der Waals surface area contributed by atoms with Gasteiger partial charge >= 0.3 is 6.03 Å².